The van der Waals surface area contributed by atoms with Gasteiger partial charge in [0.05, 0.1) is 10.7 Å². The lowest BCUT2D eigenvalue weighted by Gasteiger charge is -2.24. The van der Waals surface area contributed by atoms with E-state index in [0.717, 1.165) is 26.1 Å². The summed E-state index contributed by atoms with van der Waals surface area (Å²) in [4.78, 5) is 7.05. The molecule has 1 aliphatic rings. The molecule has 0 spiro atoms. The van der Waals surface area contributed by atoms with Crippen LogP contribution in [0.3, 0.4) is 0 Å². The van der Waals surface area contributed by atoms with Gasteiger partial charge in [-0.3, -0.25) is 4.90 Å². The van der Waals surface area contributed by atoms with Crippen LogP contribution in [0.1, 0.15) is 24.0 Å². The first kappa shape index (κ1) is 11.8. The topological polar surface area (TPSA) is 42.1 Å². The van der Waals surface area contributed by atoms with E-state index in [1.165, 1.54) is 22.7 Å². The molecule has 0 aliphatic carbocycles. The van der Waals surface area contributed by atoms with Crippen LogP contribution in [-0.4, -0.2) is 29.5 Å². The number of aromatic nitrogens is 1. The Morgan fingerprint density at radius 3 is 3.19 bits per heavy atom. The van der Waals surface area contributed by atoms with E-state index in [2.05, 4.69) is 28.3 Å². The van der Waals surface area contributed by atoms with E-state index in [1.807, 2.05) is 0 Å². The molecular formula is C12H19N3S. The van der Waals surface area contributed by atoms with Gasteiger partial charge < -0.3 is 5.73 Å². The Morgan fingerprint density at radius 1 is 1.56 bits per heavy atom. The van der Waals surface area contributed by atoms with Crippen molar-refractivity contribution in [3.05, 3.63) is 27.7 Å². The van der Waals surface area contributed by atoms with Gasteiger partial charge >= 0.3 is 0 Å². The molecule has 0 saturated carbocycles. The summed E-state index contributed by atoms with van der Waals surface area (Å²) < 4.78 is 0. The first-order valence-electron chi connectivity index (χ1n) is 5.79. The second kappa shape index (κ2) is 5.57. The third-order valence-corrected chi connectivity index (χ3v) is 3.71. The highest BCUT2D eigenvalue weighted by atomic mass is 32.1. The van der Waals surface area contributed by atoms with Gasteiger partial charge in [0.2, 0.25) is 0 Å². The van der Waals surface area contributed by atoms with E-state index >= 15 is 0 Å². The molecule has 16 heavy (non-hydrogen) atoms. The van der Waals surface area contributed by atoms with E-state index in [-0.39, 0.29) is 0 Å². The van der Waals surface area contributed by atoms with Gasteiger partial charge in [-0.1, -0.05) is 11.6 Å². The lowest BCUT2D eigenvalue weighted by molar-refractivity contribution is 0.279. The number of nitrogens with zero attached hydrogens (tertiary/aromatic N) is 2. The molecule has 0 amide bonds. The van der Waals surface area contributed by atoms with Crippen LogP contribution >= 0.6 is 11.3 Å². The number of hydrogen-bond donors (Lipinski definition) is 1. The number of hydrogen-bond acceptors (Lipinski definition) is 4. The van der Waals surface area contributed by atoms with Crippen molar-refractivity contribution in [2.45, 2.75) is 26.3 Å². The molecule has 1 aromatic rings. The summed E-state index contributed by atoms with van der Waals surface area (Å²) in [5.74, 6) is 0. The standard InChI is InChI=1S/C12H19N3S/c1-10-3-2-6-15(7-10)8-11-9-16-12(14-11)4-5-13/h3,9H,2,4-8,13H2,1H3. The molecule has 0 unspecified atom stereocenters. The molecule has 1 aromatic heterocycles. The van der Waals surface area contributed by atoms with Crippen LogP contribution in [0.4, 0.5) is 0 Å². The lowest BCUT2D eigenvalue weighted by Crippen LogP contribution is -2.28. The van der Waals surface area contributed by atoms with Gasteiger partial charge in [0.15, 0.2) is 0 Å². The highest BCUT2D eigenvalue weighted by Gasteiger charge is 2.11. The predicted molar refractivity (Wildman–Crippen MR) is 68.5 cm³/mol. The van der Waals surface area contributed by atoms with Crippen LogP contribution in [0.5, 0.6) is 0 Å². The summed E-state index contributed by atoms with van der Waals surface area (Å²) >= 11 is 1.73. The van der Waals surface area contributed by atoms with Crippen LogP contribution in [0.25, 0.3) is 0 Å². The normalized spacial score (nSPS) is 17.5. The maximum absolute atomic E-state index is 5.52. The summed E-state index contributed by atoms with van der Waals surface area (Å²) in [6.45, 7) is 6.11. The Labute approximate surface area is 101 Å². The predicted octanol–water partition coefficient (Wildman–Crippen LogP) is 1.80. The van der Waals surface area contributed by atoms with Crippen LogP contribution in [-0.2, 0) is 13.0 Å². The van der Waals surface area contributed by atoms with Crippen molar-refractivity contribution in [1.29, 1.82) is 0 Å². The zero-order valence-corrected chi connectivity index (χ0v) is 10.6. The largest absolute Gasteiger partial charge is 0.330 e. The van der Waals surface area contributed by atoms with Gasteiger partial charge in [0.1, 0.15) is 0 Å². The Bertz CT molecular complexity index is 370. The Balaban J connectivity index is 1.91. The average Bonchev–Trinajstić information content (AvgIpc) is 2.66. The van der Waals surface area contributed by atoms with Gasteiger partial charge in [-0.05, 0) is 19.9 Å². The van der Waals surface area contributed by atoms with Crippen molar-refractivity contribution in [1.82, 2.24) is 9.88 Å². The summed E-state index contributed by atoms with van der Waals surface area (Å²) in [5.41, 5.74) is 8.19. The highest BCUT2D eigenvalue weighted by Crippen LogP contribution is 2.15. The van der Waals surface area contributed by atoms with E-state index in [0.29, 0.717) is 6.54 Å². The summed E-state index contributed by atoms with van der Waals surface area (Å²) in [5, 5.41) is 3.33. The Hall–Kier alpha value is -0.710. The van der Waals surface area contributed by atoms with Gasteiger partial charge in [-0.25, -0.2) is 4.98 Å². The molecule has 0 aromatic carbocycles. The molecule has 0 fully saturated rings. The molecule has 88 valence electrons. The van der Waals surface area contributed by atoms with E-state index in [1.54, 1.807) is 11.3 Å². The Morgan fingerprint density at radius 2 is 2.44 bits per heavy atom. The smallest absolute Gasteiger partial charge is 0.0941 e. The highest BCUT2D eigenvalue weighted by molar-refractivity contribution is 7.09. The fraction of sp³-hybridized carbons (Fsp3) is 0.583. The first-order valence-corrected chi connectivity index (χ1v) is 6.67. The minimum atomic E-state index is 0.693. The molecule has 2 rings (SSSR count). The second-order valence-electron chi connectivity index (χ2n) is 4.32. The van der Waals surface area contributed by atoms with Crippen molar-refractivity contribution >= 4 is 11.3 Å². The molecular weight excluding hydrogens is 218 g/mol. The lowest BCUT2D eigenvalue weighted by atomic mass is 10.1. The first-order chi connectivity index (χ1) is 7.78. The molecule has 1 aliphatic heterocycles. The minimum absolute atomic E-state index is 0.693. The van der Waals surface area contributed by atoms with Gasteiger partial charge in [-0.2, -0.15) is 0 Å². The van der Waals surface area contributed by atoms with Crippen molar-refractivity contribution in [2.75, 3.05) is 19.6 Å². The summed E-state index contributed by atoms with van der Waals surface area (Å²) in [6.07, 6.45) is 4.41. The molecule has 0 atom stereocenters. The number of thiazole rings is 1. The number of rotatable bonds is 4. The van der Waals surface area contributed by atoms with Crippen LogP contribution < -0.4 is 5.73 Å². The molecule has 4 heteroatoms. The molecule has 2 N–H and O–H groups in total. The monoisotopic (exact) mass is 237 g/mol. The summed E-state index contributed by atoms with van der Waals surface area (Å²) in [6, 6.07) is 0. The van der Waals surface area contributed by atoms with E-state index < -0.39 is 0 Å². The Kier molecular flexibility index (Phi) is 4.09. The van der Waals surface area contributed by atoms with Gasteiger partial charge in [0, 0.05) is 31.4 Å². The summed E-state index contributed by atoms with van der Waals surface area (Å²) in [7, 11) is 0. The van der Waals surface area contributed by atoms with Crippen molar-refractivity contribution < 1.29 is 0 Å². The number of nitrogens with two attached hydrogens (primary N) is 1. The van der Waals surface area contributed by atoms with Crippen molar-refractivity contribution in [2.24, 2.45) is 5.73 Å². The third kappa shape index (κ3) is 3.14. The molecule has 0 bridgehead atoms. The fourth-order valence-electron chi connectivity index (χ4n) is 2.01. The maximum atomic E-state index is 5.52. The van der Waals surface area contributed by atoms with Crippen LogP contribution in [0, 0.1) is 0 Å². The van der Waals surface area contributed by atoms with Gasteiger partial charge in [0.25, 0.3) is 0 Å². The van der Waals surface area contributed by atoms with E-state index in [4.69, 9.17) is 5.73 Å². The fourth-order valence-corrected chi connectivity index (χ4v) is 2.82. The van der Waals surface area contributed by atoms with Crippen LogP contribution in [0.2, 0.25) is 0 Å². The third-order valence-electron chi connectivity index (χ3n) is 2.75. The molecule has 0 saturated heterocycles. The minimum Gasteiger partial charge on any atom is -0.330 e. The van der Waals surface area contributed by atoms with Crippen LogP contribution in [0.15, 0.2) is 17.0 Å². The maximum Gasteiger partial charge on any atom is 0.0941 e. The van der Waals surface area contributed by atoms with Crippen molar-refractivity contribution in [3.8, 4) is 0 Å². The van der Waals surface area contributed by atoms with Crippen molar-refractivity contribution in [3.63, 3.8) is 0 Å². The van der Waals surface area contributed by atoms with Gasteiger partial charge in [-0.15, -0.1) is 11.3 Å². The molecule has 2 heterocycles. The zero-order chi connectivity index (χ0) is 11.4. The molecule has 0 radical (unpaired) electrons. The quantitative estimate of drug-likeness (QED) is 0.812. The average molecular weight is 237 g/mol. The second-order valence-corrected chi connectivity index (χ2v) is 5.26. The zero-order valence-electron chi connectivity index (χ0n) is 9.78. The van der Waals surface area contributed by atoms with E-state index in [9.17, 15) is 0 Å². The molecule has 3 nitrogen and oxygen atoms in total. The SMILES string of the molecule is CC1=CCCN(Cc2csc(CCN)n2)C1.